The van der Waals surface area contributed by atoms with Gasteiger partial charge >= 0.3 is 0 Å². The number of rotatable bonds is 4. The summed E-state index contributed by atoms with van der Waals surface area (Å²) in [7, 11) is 1.66. The molecule has 1 amide bonds. The minimum atomic E-state index is 0.0483. The Morgan fingerprint density at radius 3 is 2.91 bits per heavy atom. The van der Waals surface area contributed by atoms with Crippen LogP contribution in [0.3, 0.4) is 0 Å². The molecule has 0 spiro atoms. The minimum absolute atomic E-state index is 0.0483. The van der Waals surface area contributed by atoms with Gasteiger partial charge in [0.05, 0.1) is 13.2 Å². The molecule has 2 heterocycles. The van der Waals surface area contributed by atoms with E-state index in [1.165, 1.54) is 0 Å². The van der Waals surface area contributed by atoms with Gasteiger partial charge in [0.15, 0.2) is 0 Å². The first kappa shape index (κ1) is 15.3. The number of benzene rings is 1. The summed E-state index contributed by atoms with van der Waals surface area (Å²) in [5.41, 5.74) is 2.11. The summed E-state index contributed by atoms with van der Waals surface area (Å²) in [6.07, 6.45) is 8.94. The number of aromatic nitrogens is 1. The summed E-state index contributed by atoms with van der Waals surface area (Å²) in [5.74, 6) is 0.876. The SMILES string of the molecule is COc1cccc(C2CCCN2C(=O)/C=C/c2ccncc2)c1. The molecule has 0 aliphatic carbocycles. The van der Waals surface area contributed by atoms with E-state index in [4.69, 9.17) is 4.74 Å². The monoisotopic (exact) mass is 308 g/mol. The Kier molecular flexibility index (Phi) is 4.71. The van der Waals surface area contributed by atoms with E-state index in [9.17, 15) is 4.79 Å². The third-order valence-electron chi connectivity index (χ3n) is 4.14. The number of methoxy groups -OCH3 is 1. The Bertz CT molecular complexity index is 698. The molecule has 1 unspecified atom stereocenters. The second-order valence-electron chi connectivity index (χ2n) is 5.58. The zero-order valence-corrected chi connectivity index (χ0v) is 13.2. The van der Waals surface area contributed by atoms with Crippen LogP contribution in [0.5, 0.6) is 5.75 Å². The van der Waals surface area contributed by atoms with Crippen molar-refractivity contribution in [2.45, 2.75) is 18.9 Å². The molecule has 118 valence electrons. The molecule has 1 aliphatic rings. The van der Waals surface area contributed by atoms with Gasteiger partial charge in [-0.15, -0.1) is 0 Å². The molecule has 1 aromatic heterocycles. The normalized spacial score (nSPS) is 17.6. The van der Waals surface area contributed by atoms with Gasteiger partial charge in [-0.25, -0.2) is 0 Å². The molecular weight excluding hydrogens is 288 g/mol. The van der Waals surface area contributed by atoms with Crippen molar-refractivity contribution < 1.29 is 9.53 Å². The Hall–Kier alpha value is -2.62. The number of pyridine rings is 1. The number of amides is 1. The average Bonchev–Trinajstić information content (AvgIpc) is 3.10. The van der Waals surface area contributed by atoms with E-state index in [1.54, 1.807) is 25.6 Å². The van der Waals surface area contributed by atoms with E-state index in [0.29, 0.717) is 0 Å². The van der Waals surface area contributed by atoms with Crippen molar-refractivity contribution in [2.24, 2.45) is 0 Å². The Morgan fingerprint density at radius 2 is 2.13 bits per heavy atom. The minimum Gasteiger partial charge on any atom is -0.497 e. The maximum Gasteiger partial charge on any atom is 0.247 e. The number of ether oxygens (including phenoxy) is 1. The molecule has 0 N–H and O–H groups in total. The molecule has 4 nitrogen and oxygen atoms in total. The summed E-state index contributed by atoms with van der Waals surface area (Å²) in [6, 6.07) is 11.9. The molecule has 3 rings (SSSR count). The third kappa shape index (κ3) is 3.59. The first-order chi connectivity index (χ1) is 11.3. The highest BCUT2D eigenvalue weighted by molar-refractivity contribution is 5.92. The number of hydrogen-bond donors (Lipinski definition) is 0. The van der Waals surface area contributed by atoms with Gasteiger partial charge in [-0.2, -0.15) is 0 Å². The number of likely N-dealkylation sites (tertiary alicyclic amines) is 1. The van der Waals surface area contributed by atoms with Gasteiger partial charge in [0.1, 0.15) is 5.75 Å². The molecule has 2 aromatic rings. The molecular formula is C19H20N2O2. The molecule has 0 saturated carbocycles. The Labute approximate surface area is 136 Å². The first-order valence-electron chi connectivity index (χ1n) is 7.80. The molecule has 23 heavy (non-hydrogen) atoms. The zero-order chi connectivity index (χ0) is 16.1. The summed E-state index contributed by atoms with van der Waals surface area (Å²) < 4.78 is 5.29. The summed E-state index contributed by atoms with van der Waals surface area (Å²) in [5, 5.41) is 0. The fourth-order valence-corrected chi connectivity index (χ4v) is 2.96. The van der Waals surface area contributed by atoms with E-state index >= 15 is 0 Å². The van der Waals surface area contributed by atoms with Gasteiger partial charge < -0.3 is 9.64 Å². The number of carbonyl (C=O) groups is 1. The number of nitrogens with zero attached hydrogens (tertiary/aromatic N) is 2. The first-order valence-corrected chi connectivity index (χ1v) is 7.80. The standard InChI is InChI=1S/C19H20N2O2/c1-23-17-5-2-4-16(14-17)18-6-3-13-21(18)19(22)8-7-15-9-11-20-12-10-15/h2,4-5,7-12,14,18H,3,6,13H2,1H3/b8-7+. The van der Waals surface area contributed by atoms with Gasteiger partial charge in [0.25, 0.3) is 0 Å². The van der Waals surface area contributed by atoms with E-state index in [1.807, 2.05) is 41.3 Å². The van der Waals surface area contributed by atoms with Crippen LogP contribution in [0.1, 0.15) is 30.0 Å². The maximum absolute atomic E-state index is 12.5. The largest absolute Gasteiger partial charge is 0.497 e. The lowest BCUT2D eigenvalue weighted by molar-refractivity contribution is -0.126. The molecule has 4 heteroatoms. The van der Waals surface area contributed by atoms with Gasteiger partial charge in [0.2, 0.25) is 5.91 Å². The van der Waals surface area contributed by atoms with Crippen LogP contribution in [-0.4, -0.2) is 29.4 Å². The third-order valence-corrected chi connectivity index (χ3v) is 4.14. The van der Waals surface area contributed by atoms with Crippen molar-refractivity contribution in [2.75, 3.05) is 13.7 Å². The number of carbonyl (C=O) groups excluding carboxylic acids is 1. The zero-order valence-electron chi connectivity index (χ0n) is 13.2. The van der Waals surface area contributed by atoms with E-state index in [2.05, 4.69) is 11.1 Å². The highest BCUT2D eigenvalue weighted by Crippen LogP contribution is 2.33. The molecule has 1 atom stereocenters. The lowest BCUT2D eigenvalue weighted by Crippen LogP contribution is -2.28. The fraction of sp³-hybridized carbons (Fsp3) is 0.263. The van der Waals surface area contributed by atoms with E-state index in [0.717, 1.165) is 36.3 Å². The summed E-state index contributed by atoms with van der Waals surface area (Å²) in [6.45, 7) is 0.793. The van der Waals surface area contributed by atoms with Crippen LogP contribution in [0.2, 0.25) is 0 Å². The average molecular weight is 308 g/mol. The molecule has 1 saturated heterocycles. The predicted molar refractivity (Wildman–Crippen MR) is 90.0 cm³/mol. The van der Waals surface area contributed by atoms with Gasteiger partial charge in [-0.05, 0) is 54.3 Å². The Balaban J connectivity index is 1.75. The molecule has 0 bridgehead atoms. The topological polar surface area (TPSA) is 42.4 Å². The van der Waals surface area contributed by atoms with E-state index in [-0.39, 0.29) is 11.9 Å². The van der Waals surface area contributed by atoms with Gasteiger partial charge in [-0.1, -0.05) is 12.1 Å². The van der Waals surface area contributed by atoms with Gasteiger partial charge in [-0.3, -0.25) is 9.78 Å². The van der Waals surface area contributed by atoms with Gasteiger partial charge in [0, 0.05) is 25.0 Å². The van der Waals surface area contributed by atoms with Crippen molar-refractivity contribution in [1.29, 1.82) is 0 Å². The predicted octanol–water partition coefficient (Wildman–Crippen LogP) is 3.47. The maximum atomic E-state index is 12.5. The summed E-state index contributed by atoms with van der Waals surface area (Å²) in [4.78, 5) is 18.5. The van der Waals surface area contributed by atoms with Crippen molar-refractivity contribution in [3.05, 3.63) is 66.0 Å². The van der Waals surface area contributed by atoms with Crippen molar-refractivity contribution in [3.8, 4) is 5.75 Å². The quantitative estimate of drug-likeness (QED) is 0.812. The number of hydrogen-bond acceptors (Lipinski definition) is 3. The second kappa shape index (κ2) is 7.09. The fourth-order valence-electron chi connectivity index (χ4n) is 2.96. The highest BCUT2D eigenvalue weighted by atomic mass is 16.5. The Morgan fingerprint density at radius 1 is 1.30 bits per heavy atom. The molecule has 1 fully saturated rings. The van der Waals surface area contributed by atoms with Crippen LogP contribution < -0.4 is 4.74 Å². The van der Waals surface area contributed by atoms with Crippen LogP contribution >= 0.6 is 0 Å². The smallest absolute Gasteiger partial charge is 0.247 e. The van der Waals surface area contributed by atoms with Crippen molar-refractivity contribution in [3.63, 3.8) is 0 Å². The second-order valence-corrected chi connectivity index (χ2v) is 5.58. The van der Waals surface area contributed by atoms with Crippen LogP contribution in [0.15, 0.2) is 54.9 Å². The molecule has 1 aromatic carbocycles. The van der Waals surface area contributed by atoms with Crippen LogP contribution in [-0.2, 0) is 4.79 Å². The lowest BCUT2D eigenvalue weighted by atomic mass is 10.0. The van der Waals surface area contributed by atoms with Crippen LogP contribution in [0.4, 0.5) is 0 Å². The summed E-state index contributed by atoms with van der Waals surface area (Å²) >= 11 is 0. The molecule has 1 aliphatic heterocycles. The van der Waals surface area contributed by atoms with E-state index < -0.39 is 0 Å². The van der Waals surface area contributed by atoms with Crippen molar-refractivity contribution >= 4 is 12.0 Å². The molecule has 0 radical (unpaired) electrons. The highest BCUT2D eigenvalue weighted by Gasteiger charge is 2.28. The lowest BCUT2D eigenvalue weighted by Gasteiger charge is -2.24. The van der Waals surface area contributed by atoms with Crippen molar-refractivity contribution in [1.82, 2.24) is 9.88 Å². The van der Waals surface area contributed by atoms with Crippen LogP contribution in [0, 0.1) is 0 Å². The van der Waals surface area contributed by atoms with Crippen LogP contribution in [0.25, 0.3) is 6.08 Å².